The number of halogens is 1. The fourth-order valence-corrected chi connectivity index (χ4v) is 1.16. The normalized spacial score (nSPS) is 10.3. The van der Waals surface area contributed by atoms with Crippen molar-refractivity contribution < 1.29 is 14.3 Å². The molecule has 2 aromatic heterocycles. The maximum absolute atomic E-state index is 13.2. The van der Waals surface area contributed by atoms with E-state index < -0.39 is 11.8 Å². The summed E-state index contributed by atoms with van der Waals surface area (Å²) in [7, 11) is 0. The van der Waals surface area contributed by atoms with Gasteiger partial charge in [0.15, 0.2) is 0 Å². The maximum atomic E-state index is 13.2. The van der Waals surface area contributed by atoms with Gasteiger partial charge < -0.3 is 5.11 Å². The predicted molar refractivity (Wildman–Crippen MR) is 50.3 cm³/mol. The molecule has 0 unspecified atom stereocenters. The van der Waals surface area contributed by atoms with Crippen molar-refractivity contribution in [3.63, 3.8) is 0 Å². The van der Waals surface area contributed by atoms with Crippen LogP contribution in [-0.2, 0) is 6.54 Å². The van der Waals surface area contributed by atoms with Crippen LogP contribution >= 0.6 is 0 Å². The third kappa shape index (κ3) is 2.02. The first-order chi connectivity index (χ1) is 7.66. The first-order valence-electron chi connectivity index (χ1n) is 4.39. The molecule has 0 radical (unpaired) electrons. The molecule has 82 valence electrons. The van der Waals surface area contributed by atoms with E-state index in [4.69, 9.17) is 5.11 Å². The summed E-state index contributed by atoms with van der Waals surface area (Å²) in [5.74, 6) is -2.01. The Balaban J connectivity index is 2.21. The number of nitrogens with zero attached hydrogens (tertiary/aromatic N) is 4. The van der Waals surface area contributed by atoms with E-state index in [0.717, 1.165) is 0 Å². The molecule has 0 spiro atoms. The van der Waals surface area contributed by atoms with Gasteiger partial charge in [0.25, 0.3) is 5.82 Å². The minimum Gasteiger partial charge on any atom is -0.475 e. The summed E-state index contributed by atoms with van der Waals surface area (Å²) in [5.41, 5.74) is 0.185. The molecule has 0 fully saturated rings. The summed E-state index contributed by atoms with van der Waals surface area (Å²) in [6, 6.07) is 2.75. The highest BCUT2D eigenvalue weighted by atomic mass is 19.1. The van der Waals surface area contributed by atoms with Crippen LogP contribution in [0.5, 0.6) is 0 Å². The summed E-state index contributed by atoms with van der Waals surface area (Å²) in [6.45, 7) is 0.0486. The average Bonchev–Trinajstić information content (AvgIpc) is 2.70. The predicted octanol–water partition coefficient (Wildman–Crippen LogP) is 0.559. The lowest BCUT2D eigenvalue weighted by atomic mass is 10.3. The van der Waals surface area contributed by atoms with Gasteiger partial charge in [-0.15, -0.1) is 5.10 Å². The van der Waals surface area contributed by atoms with Gasteiger partial charge in [-0.1, -0.05) is 0 Å². The van der Waals surface area contributed by atoms with E-state index in [9.17, 15) is 9.18 Å². The van der Waals surface area contributed by atoms with Gasteiger partial charge in [0.1, 0.15) is 12.1 Å². The Morgan fingerprint density at radius 1 is 1.50 bits per heavy atom. The molecule has 6 nitrogen and oxygen atoms in total. The van der Waals surface area contributed by atoms with E-state index in [1.807, 2.05) is 0 Å². The SMILES string of the molecule is O=C(O)c1ncn(Cc2ncccc2F)n1. The summed E-state index contributed by atoms with van der Waals surface area (Å²) < 4.78 is 14.4. The second-order valence-corrected chi connectivity index (χ2v) is 3.00. The van der Waals surface area contributed by atoms with Crippen molar-refractivity contribution in [3.8, 4) is 0 Å². The number of carbonyl (C=O) groups is 1. The first-order valence-corrected chi connectivity index (χ1v) is 4.39. The molecular weight excluding hydrogens is 215 g/mol. The second kappa shape index (κ2) is 4.05. The molecule has 2 rings (SSSR count). The largest absolute Gasteiger partial charge is 0.475 e. The van der Waals surface area contributed by atoms with E-state index >= 15 is 0 Å². The van der Waals surface area contributed by atoms with Gasteiger partial charge in [-0.3, -0.25) is 4.98 Å². The van der Waals surface area contributed by atoms with Crippen molar-refractivity contribution in [3.05, 3.63) is 42.0 Å². The summed E-state index contributed by atoms with van der Waals surface area (Å²) in [5, 5.41) is 12.2. The standard InChI is InChI=1S/C9H7FN4O2/c10-6-2-1-3-11-7(6)4-14-5-12-8(13-14)9(15)16/h1-3,5H,4H2,(H,15,16). The van der Waals surface area contributed by atoms with Gasteiger partial charge in [-0.05, 0) is 12.1 Å². The van der Waals surface area contributed by atoms with Crippen molar-refractivity contribution in [2.45, 2.75) is 6.54 Å². The molecule has 0 atom stereocenters. The third-order valence-electron chi connectivity index (χ3n) is 1.87. The Labute approximate surface area is 89.4 Å². The van der Waals surface area contributed by atoms with Crippen molar-refractivity contribution in [1.29, 1.82) is 0 Å². The molecule has 2 heterocycles. The van der Waals surface area contributed by atoms with Crippen LogP contribution in [0.2, 0.25) is 0 Å². The Kier molecular flexibility index (Phi) is 2.59. The highest BCUT2D eigenvalue weighted by molar-refractivity contribution is 5.82. The van der Waals surface area contributed by atoms with Gasteiger partial charge in [0, 0.05) is 6.20 Å². The molecule has 0 aliphatic carbocycles. The van der Waals surface area contributed by atoms with Crippen LogP contribution in [-0.4, -0.2) is 30.8 Å². The molecule has 0 saturated heterocycles. The minimum atomic E-state index is -1.22. The molecule has 0 aromatic carbocycles. The van der Waals surface area contributed by atoms with Gasteiger partial charge in [-0.2, -0.15) is 0 Å². The molecule has 0 bridgehead atoms. The summed E-state index contributed by atoms with van der Waals surface area (Å²) >= 11 is 0. The van der Waals surface area contributed by atoms with E-state index in [1.54, 1.807) is 0 Å². The second-order valence-electron chi connectivity index (χ2n) is 3.00. The topological polar surface area (TPSA) is 80.9 Å². The fourth-order valence-electron chi connectivity index (χ4n) is 1.16. The zero-order valence-corrected chi connectivity index (χ0v) is 8.04. The van der Waals surface area contributed by atoms with Crippen LogP contribution in [0.15, 0.2) is 24.7 Å². The van der Waals surface area contributed by atoms with Gasteiger partial charge >= 0.3 is 5.97 Å². The number of aromatic nitrogens is 4. The van der Waals surface area contributed by atoms with Gasteiger partial charge in [0.2, 0.25) is 0 Å². The Bertz CT molecular complexity index is 526. The summed E-state index contributed by atoms with van der Waals surface area (Å²) in [4.78, 5) is 17.9. The highest BCUT2D eigenvalue weighted by Gasteiger charge is 2.10. The van der Waals surface area contributed by atoms with Crippen molar-refractivity contribution >= 4 is 5.97 Å². The molecule has 0 aliphatic rings. The molecule has 0 saturated carbocycles. The number of aromatic carboxylic acids is 1. The van der Waals surface area contributed by atoms with Crippen LogP contribution in [0.3, 0.4) is 0 Å². The lowest BCUT2D eigenvalue weighted by Crippen LogP contribution is -2.06. The van der Waals surface area contributed by atoms with Crippen LogP contribution in [0, 0.1) is 5.82 Å². The zero-order valence-electron chi connectivity index (χ0n) is 8.04. The molecule has 7 heteroatoms. The number of pyridine rings is 1. The molecule has 0 amide bonds. The minimum absolute atomic E-state index is 0.0486. The van der Waals surface area contributed by atoms with Crippen LogP contribution in [0.4, 0.5) is 4.39 Å². The number of carboxylic acids is 1. The number of hydrogen-bond donors (Lipinski definition) is 1. The lowest BCUT2D eigenvalue weighted by molar-refractivity contribution is 0.0683. The number of rotatable bonds is 3. The molecule has 2 aromatic rings. The third-order valence-corrected chi connectivity index (χ3v) is 1.87. The van der Waals surface area contributed by atoms with Crippen molar-refractivity contribution in [2.75, 3.05) is 0 Å². The van der Waals surface area contributed by atoms with E-state index in [-0.39, 0.29) is 18.1 Å². The quantitative estimate of drug-likeness (QED) is 0.820. The molecule has 0 aliphatic heterocycles. The molecule has 1 N–H and O–H groups in total. The molecular formula is C9H7FN4O2. The smallest absolute Gasteiger partial charge is 0.375 e. The monoisotopic (exact) mass is 222 g/mol. The Hall–Kier alpha value is -2.31. The fraction of sp³-hybridized carbons (Fsp3) is 0.111. The number of carboxylic acid groups (broad SMARTS) is 1. The number of hydrogen-bond acceptors (Lipinski definition) is 4. The van der Waals surface area contributed by atoms with Crippen molar-refractivity contribution in [1.82, 2.24) is 19.7 Å². The highest BCUT2D eigenvalue weighted by Crippen LogP contribution is 2.04. The van der Waals surface area contributed by atoms with E-state index in [0.29, 0.717) is 0 Å². The lowest BCUT2D eigenvalue weighted by Gasteiger charge is -2.00. The van der Waals surface area contributed by atoms with E-state index in [2.05, 4.69) is 15.1 Å². The van der Waals surface area contributed by atoms with Crippen LogP contribution in [0.1, 0.15) is 16.3 Å². The van der Waals surface area contributed by atoms with Crippen LogP contribution < -0.4 is 0 Å². The maximum Gasteiger partial charge on any atom is 0.375 e. The zero-order chi connectivity index (χ0) is 11.5. The van der Waals surface area contributed by atoms with Gasteiger partial charge in [-0.25, -0.2) is 18.9 Å². The summed E-state index contributed by atoms with van der Waals surface area (Å²) in [6.07, 6.45) is 2.67. The first kappa shape index (κ1) is 10.2. The van der Waals surface area contributed by atoms with E-state index in [1.165, 1.54) is 29.3 Å². The van der Waals surface area contributed by atoms with Crippen LogP contribution in [0.25, 0.3) is 0 Å². The molecule has 16 heavy (non-hydrogen) atoms. The Morgan fingerprint density at radius 2 is 2.31 bits per heavy atom. The van der Waals surface area contributed by atoms with Crippen molar-refractivity contribution in [2.24, 2.45) is 0 Å². The van der Waals surface area contributed by atoms with Gasteiger partial charge in [0.05, 0.1) is 12.2 Å². The Morgan fingerprint density at radius 3 is 2.94 bits per heavy atom. The average molecular weight is 222 g/mol.